The summed E-state index contributed by atoms with van der Waals surface area (Å²) in [6, 6.07) is 0. The van der Waals surface area contributed by atoms with E-state index in [1.165, 1.54) is 11.8 Å². The molecule has 0 radical (unpaired) electrons. The molecule has 1 N–H and O–H groups in total. The minimum atomic E-state index is 0.0350. The van der Waals surface area contributed by atoms with Crippen LogP contribution in [0.3, 0.4) is 0 Å². The van der Waals surface area contributed by atoms with Crippen LogP contribution in [0.1, 0.15) is 6.92 Å². The van der Waals surface area contributed by atoms with Crippen molar-refractivity contribution >= 4 is 11.8 Å². The van der Waals surface area contributed by atoms with Crippen molar-refractivity contribution in [3.63, 3.8) is 0 Å². The second-order valence-corrected chi connectivity index (χ2v) is 3.05. The van der Waals surface area contributed by atoms with Crippen molar-refractivity contribution < 1.29 is 9.84 Å². The average Bonchev–Trinajstić information content (AvgIpc) is 2.54. The summed E-state index contributed by atoms with van der Waals surface area (Å²) in [6.07, 6.45) is 0. The number of ether oxygens (including phenoxy) is 1. The lowest BCUT2D eigenvalue weighted by Gasteiger charge is -2.01. The maximum absolute atomic E-state index is 8.68. The highest BCUT2D eigenvalue weighted by Gasteiger charge is 2.04. The number of rotatable bonds is 6. The number of aliphatic hydroxyl groups excluding tert-OH is 1. The quantitative estimate of drug-likeness (QED) is 0.391. The van der Waals surface area contributed by atoms with Gasteiger partial charge in [-0.25, -0.2) is 4.68 Å². The van der Waals surface area contributed by atoms with Gasteiger partial charge in [0.05, 0.1) is 19.1 Å². The summed E-state index contributed by atoms with van der Waals surface area (Å²) in [5.41, 5.74) is 0. The Bertz CT molecular complexity index is 242. The van der Waals surface area contributed by atoms with E-state index < -0.39 is 0 Å². The Hall–Kier alpha value is -0.660. The van der Waals surface area contributed by atoms with Crippen molar-refractivity contribution in [3.05, 3.63) is 0 Å². The highest BCUT2D eigenvalue weighted by molar-refractivity contribution is 7.99. The predicted molar refractivity (Wildman–Crippen MR) is 47.3 cm³/mol. The molecule has 13 heavy (non-hydrogen) atoms. The Morgan fingerprint density at radius 2 is 2.46 bits per heavy atom. The molecule has 0 unspecified atom stereocenters. The van der Waals surface area contributed by atoms with Crippen LogP contribution in [-0.2, 0) is 11.3 Å². The van der Waals surface area contributed by atoms with Crippen molar-refractivity contribution in [3.8, 4) is 0 Å². The molecule has 1 aromatic heterocycles. The van der Waals surface area contributed by atoms with Crippen molar-refractivity contribution in [2.24, 2.45) is 0 Å². The summed E-state index contributed by atoms with van der Waals surface area (Å²) < 4.78 is 6.68. The van der Waals surface area contributed by atoms with Crippen molar-refractivity contribution in [2.45, 2.75) is 18.6 Å². The highest BCUT2D eigenvalue weighted by Crippen LogP contribution is 2.12. The third kappa shape index (κ3) is 3.29. The molecule has 0 amide bonds. The van der Waals surface area contributed by atoms with E-state index in [0.29, 0.717) is 24.2 Å². The largest absolute Gasteiger partial charge is 0.394 e. The van der Waals surface area contributed by atoms with Crippen LogP contribution in [0.15, 0.2) is 5.16 Å². The van der Waals surface area contributed by atoms with E-state index in [0.717, 1.165) is 0 Å². The first-order valence-electron chi connectivity index (χ1n) is 3.96. The van der Waals surface area contributed by atoms with Gasteiger partial charge in [-0.05, 0) is 17.4 Å². The lowest BCUT2D eigenvalue weighted by Crippen LogP contribution is -2.06. The van der Waals surface area contributed by atoms with Gasteiger partial charge in [0.25, 0.3) is 0 Å². The number of aliphatic hydroxyl groups is 1. The molecule has 0 aromatic carbocycles. The molecule has 74 valence electrons. The Morgan fingerprint density at radius 3 is 3.15 bits per heavy atom. The summed E-state index contributed by atoms with van der Waals surface area (Å²) in [6.45, 7) is 3.06. The van der Waals surface area contributed by atoms with Crippen LogP contribution in [0.5, 0.6) is 0 Å². The molecule has 1 aromatic rings. The molecule has 6 nitrogen and oxygen atoms in total. The molecule has 0 saturated carbocycles. The lowest BCUT2D eigenvalue weighted by atomic mass is 10.7. The van der Waals surface area contributed by atoms with E-state index in [4.69, 9.17) is 9.84 Å². The van der Waals surface area contributed by atoms with Gasteiger partial charge in [0, 0.05) is 6.61 Å². The summed E-state index contributed by atoms with van der Waals surface area (Å²) >= 11 is 1.41. The molecule has 0 saturated heterocycles. The SMILES string of the molecule is CCOCSc1nnnn1CCO. The first-order valence-corrected chi connectivity index (χ1v) is 4.94. The van der Waals surface area contributed by atoms with Crippen molar-refractivity contribution in [1.82, 2.24) is 20.2 Å². The smallest absolute Gasteiger partial charge is 0.211 e. The summed E-state index contributed by atoms with van der Waals surface area (Å²) in [7, 11) is 0. The third-order valence-electron chi connectivity index (χ3n) is 1.29. The number of tetrazole rings is 1. The first kappa shape index (κ1) is 10.4. The van der Waals surface area contributed by atoms with E-state index in [9.17, 15) is 0 Å². The van der Waals surface area contributed by atoms with E-state index in [1.807, 2.05) is 6.92 Å². The van der Waals surface area contributed by atoms with Crippen LogP contribution in [0.4, 0.5) is 0 Å². The molecular weight excluding hydrogens is 192 g/mol. The van der Waals surface area contributed by atoms with Gasteiger partial charge < -0.3 is 9.84 Å². The lowest BCUT2D eigenvalue weighted by molar-refractivity contribution is 0.198. The maximum Gasteiger partial charge on any atom is 0.211 e. The predicted octanol–water partition coefficient (Wildman–Crippen LogP) is -0.249. The highest BCUT2D eigenvalue weighted by atomic mass is 32.2. The Labute approximate surface area is 80.3 Å². The molecule has 0 aliphatic heterocycles. The molecular formula is C6H12N4O2S. The number of aromatic nitrogens is 4. The van der Waals surface area contributed by atoms with Crippen LogP contribution < -0.4 is 0 Å². The number of nitrogens with zero attached hydrogens (tertiary/aromatic N) is 4. The molecule has 0 aliphatic rings. The zero-order valence-electron chi connectivity index (χ0n) is 7.38. The topological polar surface area (TPSA) is 73.1 Å². The van der Waals surface area contributed by atoms with Gasteiger partial charge >= 0.3 is 0 Å². The number of hydrogen-bond acceptors (Lipinski definition) is 6. The van der Waals surface area contributed by atoms with Crippen LogP contribution in [0, 0.1) is 0 Å². The summed E-state index contributed by atoms with van der Waals surface area (Å²) in [5.74, 6) is 0.530. The monoisotopic (exact) mass is 204 g/mol. The van der Waals surface area contributed by atoms with Gasteiger partial charge in [-0.15, -0.1) is 5.10 Å². The molecule has 1 heterocycles. The second-order valence-electron chi connectivity index (χ2n) is 2.16. The maximum atomic E-state index is 8.68. The van der Waals surface area contributed by atoms with E-state index in [-0.39, 0.29) is 6.61 Å². The normalized spacial score (nSPS) is 10.6. The average molecular weight is 204 g/mol. The van der Waals surface area contributed by atoms with Gasteiger partial charge in [0.2, 0.25) is 5.16 Å². The molecule has 1 rings (SSSR count). The Kier molecular flexibility index (Phi) is 4.73. The van der Waals surface area contributed by atoms with Gasteiger partial charge in [0.1, 0.15) is 0 Å². The Morgan fingerprint density at radius 1 is 1.62 bits per heavy atom. The number of hydrogen-bond donors (Lipinski definition) is 1. The number of thioether (sulfide) groups is 1. The fraction of sp³-hybridized carbons (Fsp3) is 0.833. The Balaban J connectivity index is 2.40. The zero-order valence-corrected chi connectivity index (χ0v) is 8.20. The zero-order chi connectivity index (χ0) is 9.52. The molecule has 0 atom stereocenters. The summed E-state index contributed by atoms with van der Waals surface area (Å²) in [5, 5.41) is 20.3. The van der Waals surface area contributed by atoms with Gasteiger partial charge in [-0.1, -0.05) is 11.8 Å². The second kappa shape index (κ2) is 5.90. The van der Waals surface area contributed by atoms with Crippen LogP contribution in [0.2, 0.25) is 0 Å². The molecule has 0 bridgehead atoms. The standard InChI is InChI=1S/C6H12N4O2S/c1-2-12-5-13-6-7-8-9-10(6)3-4-11/h11H,2-5H2,1H3. The van der Waals surface area contributed by atoms with E-state index >= 15 is 0 Å². The minimum Gasteiger partial charge on any atom is -0.394 e. The molecule has 0 spiro atoms. The minimum absolute atomic E-state index is 0.0350. The van der Waals surface area contributed by atoms with Gasteiger partial charge in [-0.3, -0.25) is 0 Å². The summed E-state index contributed by atoms with van der Waals surface area (Å²) in [4.78, 5) is 0. The van der Waals surface area contributed by atoms with E-state index in [1.54, 1.807) is 4.68 Å². The van der Waals surface area contributed by atoms with Crippen LogP contribution in [0.25, 0.3) is 0 Å². The fourth-order valence-electron chi connectivity index (χ4n) is 0.713. The third-order valence-corrected chi connectivity index (χ3v) is 2.12. The van der Waals surface area contributed by atoms with Crippen molar-refractivity contribution in [2.75, 3.05) is 19.2 Å². The van der Waals surface area contributed by atoms with Crippen LogP contribution >= 0.6 is 11.8 Å². The van der Waals surface area contributed by atoms with Crippen LogP contribution in [-0.4, -0.2) is 44.5 Å². The molecule has 0 aliphatic carbocycles. The fourth-order valence-corrected chi connectivity index (χ4v) is 1.44. The van der Waals surface area contributed by atoms with Crippen molar-refractivity contribution in [1.29, 1.82) is 0 Å². The van der Waals surface area contributed by atoms with Gasteiger partial charge in [-0.2, -0.15) is 0 Å². The van der Waals surface area contributed by atoms with E-state index in [2.05, 4.69) is 15.5 Å². The first-order chi connectivity index (χ1) is 6.38. The molecule has 7 heteroatoms. The molecule has 0 fully saturated rings. The van der Waals surface area contributed by atoms with Gasteiger partial charge in [0.15, 0.2) is 0 Å².